The van der Waals surface area contributed by atoms with E-state index in [0.717, 1.165) is 0 Å². The maximum absolute atomic E-state index is 11.9. The Hall–Kier alpha value is -2.15. The molecule has 1 rings (SSSR count). The third-order valence-corrected chi connectivity index (χ3v) is 3.15. The summed E-state index contributed by atoms with van der Waals surface area (Å²) < 4.78 is 11.7. The largest absolute Gasteiger partial charge is 0.466 e. The number of carbonyl (C=O) groups excluding carboxylic acids is 2. The average Bonchev–Trinajstić information content (AvgIpc) is 2.87. The molecule has 7 heteroatoms. The Balaban J connectivity index is 2.71. The quantitative estimate of drug-likeness (QED) is 0.691. The minimum Gasteiger partial charge on any atom is -0.466 e. The summed E-state index contributed by atoms with van der Waals surface area (Å²) in [5.74, 6) is -0.754. The summed E-state index contributed by atoms with van der Waals surface area (Å²) in [6, 6.07) is 0. The van der Waals surface area contributed by atoms with Crippen molar-refractivity contribution in [2.75, 3.05) is 13.2 Å². The van der Waals surface area contributed by atoms with Crippen LogP contribution in [0.5, 0.6) is 0 Å². The number of hydrogen-bond donors (Lipinski definition) is 1. The van der Waals surface area contributed by atoms with Gasteiger partial charge in [-0.25, -0.2) is 4.98 Å². The van der Waals surface area contributed by atoms with Crippen LogP contribution in [0.25, 0.3) is 6.08 Å². The first kappa shape index (κ1) is 18.9. The summed E-state index contributed by atoms with van der Waals surface area (Å²) >= 11 is 0. The lowest BCUT2D eigenvalue weighted by Gasteiger charge is -2.12. The Morgan fingerprint density at radius 2 is 2.04 bits per heavy atom. The smallest absolute Gasteiger partial charge is 0.309 e. The van der Waals surface area contributed by atoms with Gasteiger partial charge in [0.05, 0.1) is 37.9 Å². The van der Waals surface area contributed by atoms with Gasteiger partial charge in [-0.15, -0.1) is 0 Å². The van der Waals surface area contributed by atoms with Gasteiger partial charge in [0, 0.05) is 13.2 Å². The summed E-state index contributed by atoms with van der Waals surface area (Å²) in [5, 5.41) is 9.06. The fourth-order valence-corrected chi connectivity index (χ4v) is 2.06. The molecule has 0 saturated heterocycles. The molecule has 1 N–H and O–H groups in total. The topological polar surface area (TPSA) is 90.6 Å². The van der Waals surface area contributed by atoms with E-state index in [0.29, 0.717) is 17.9 Å². The number of aromatic nitrogens is 2. The van der Waals surface area contributed by atoms with Crippen LogP contribution in [0, 0.1) is 5.92 Å². The number of allylic oxidation sites excluding steroid dienone is 1. The van der Waals surface area contributed by atoms with E-state index in [1.807, 2.05) is 7.05 Å². The molecule has 1 heterocycles. The molecule has 0 bridgehead atoms. The number of imidazole rings is 1. The standard InChI is InChI=1S/C16H24N2O5/c1-4-22-15(20)9-12(16(21)23-5-2)7-6-8-14-17-13(11-19)10-18(14)3/h6,8,10,12,19H,4-5,7,9,11H2,1-3H3/b8-6+/t12-/m0/s1. The van der Waals surface area contributed by atoms with Gasteiger partial charge in [-0.2, -0.15) is 0 Å². The molecular weight excluding hydrogens is 300 g/mol. The van der Waals surface area contributed by atoms with Crippen molar-refractivity contribution in [1.29, 1.82) is 0 Å². The molecule has 128 valence electrons. The van der Waals surface area contributed by atoms with Gasteiger partial charge in [0.1, 0.15) is 5.82 Å². The second-order valence-electron chi connectivity index (χ2n) is 4.96. The summed E-state index contributed by atoms with van der Waals surface area (Å²) in [4.78, 5) is 27.7. The number of rotatable bonds is 9. The third-order valence-electron chi connectivity index (χ3n) is 3.15. The number of nitrogens with zero attached hydrogens (tertiary/aromatic N) is 2. The van der Waals surface area contributed by atoms with Gasteiger partial charge < -0.3 is 19.1 Å². The lowest BCUT2D eigenvalue weighted by Crippen LogP contribution is -2.21. The van der Waals surface area contributed by atoms with Crippen molar-refractivity contribution in [3.05, 3.63) is 23.8 Å². The zero-order chi connectivity index (χ0) is 17.2. The fourth-order valence-electron chi connectivity index (χ4n) is 2.06. The number of carbonyl (C=O) groups is 2. The first-order valence-electron chi connectivity index (χ1n) is 7.63. The molecular formula is C16H24N2O5. The van der Waals surface area contributed by atoms with Crippen LogP contribution in [0.4, 0.5) is 0 Å². The zero-order valence-corrected chi connectivity index (χ0v) is 13.8. The first-order valence-corrected chi connectivity index (χ1v) is 7.63. The van der Waals surface area contributed by atoms with Crippen LogP contribution in [0.15, 0.2) is 12.3 Å². The minimum absolute atomic E-state index is 0.0144. The molecule has 0 amide bonds. The monoisotopic (exact) mass is 324 g/mol. The van der Waals surface area contributed by atoms with E-state index >= 15 is 0 Å². The van der Waals surface area contributed by atoms with Crippen LogP contribution in [0.2, 0.25) is 0 Å². The van der Waals surface area contributed by atoms with Crippen LogP contribution in [0.3, 0.4) is 0 Å². The van der Waals surface area contributed by atoms with Crippen LogP contribution in [0.1, 0.15) is 38.2 Å². The Labute approximate surface area is 135 Å². The summed E-state index contributed by atoms with van der Waals surface area (Å²) in [6.45, 7) is 3.86. The predicted octanol–water partition coefficient (Wildman–Crippen LogP) is 1.45. The van der Waals surface area contributed by atoms with Gasteiger partial charge in [0.15, 0.2) is 0 Å². The van der Waals surface area contributed by atoms with E-state index in [1.165, 1.54) is 0 Å². The molecule has 1 aromatic rings. The molecule has 1 aromatic heterocycles. The second-order valence-corrected chi connectivity index (χ2v) is 4.96. The molecule has 0 fully saturated rings. The number of aliphatic hydroxyl groups is 1. The van der Waals surface area contributed by atoms with Crippen molar-refractivity contribution < 1.29 is 24.2 Å². The zero-order valence-electron chi connectivity index (χ0n) is 13.8. The molecule has 0 aliphatic heterocycles. The molecule has 23 heavy (non-hydrogen) atoms. The molecule has 0 saturated carbocycles. The van der Waals surface area contributed by atoms with E-state index in [2.05, 4.69) is 4.98 Å². The van der Waals surface area contributed by atoms with E-state index in [4.69, 9.17) is 14.6 Å². The summed E-state index contributed by atoms with van der Waals surface area (Å²) in [6.07, 6.45) is 5.57. The number of aryl methyl sites for hydroxylation is 1. The molecule has 1 atom stereocenters. The number of aliphatic hydroxyl groups excluding tert-OH is 1. The van der Waals surface area contributed by atoms with E-state index in [9.17, 15) is 9.59 Å². The minimum atomic E-state index is -0.581. The van der Waals surface area contributed by atoms with Crippen molar-refractivity contribution in [2.45, 2.75) is 33.3 Å². The maximum atomic E-state index is 11.9. The predicted molar refractivity (Wildman–Crippen MR) is 84.2 cm³/mol. The van der Waals surface area contributed by atoms with Gasteiger partial charge in [0.25, 0.3) is 0 Å². The molecule has 0 radical (unpaired) electrons. The Bertz CT molecular complexity index is 551. The van der Waals surface area contributed by atoms with Crippen LogP contribution < -0.4 is 0 Å². The van der Waals surface area contributed by atoms with Gasteiger partial charge in [-0.3, -0.25) is 9.59 Å². The number of esters is 2. The first-order chi connectivity index (χ1) is 11.0. The molecule has 7 nitrogen and oxygen atoms in total. The Kier molecular flexibility index (Phi) is 8.04. The SMILES string of the molecule is CCOC(=O)C[C@H](C/C=C/c1nc(CO)cn1C)C(=O)OCC. The van der Waals surface area contributed by atoms with Gasteiger partial charge in [0.2, 0.25) is 0 Å². The average molecular weight is 324 g/mol. The van der Waals surface area contributed by atoms with E-state index in [1.54, 1.807) is 36.8 Å². The van der Waals surface area contributed by atoms with E-state index < -0.39 is 17.9 Å². The van der Waals surface area contributed by atoms with Crippen LogP contribution in [-0.2, 0) is 32.7 Å². The number of hydrogen-bond acceptors (Lipinski definition) is 6. The Morgan fingerprint density at radius 1 is 1.35 bits per heavy atom. The van der Waals surface area contributed by atoms with Crippen molar-refractivity contribution >= 4 is 18.0 Å². The van der Waals surface area contributed by atoms with E-state index in [-0.39, 0.29) is 26.2 Å². The summed E-state index contributed by atoms with van der Waals surface area (Å²) in [7, 11) is 1.81. The lowest BCUT2D eigenvalue weighted by atomic mass is 10.0. The van der Waals surface area contributed by atoms with Gasteiger partial charge >= 0.3 is 11.9 Å². The maximum Gasteiger partial charge on any atom is 0.309 e. The van der Waals surface area contributed by atoms with Crippen molar-refractivity contribution in [3.63, 3.8) is 0 Å². The summed E-state index contributed by atoms with van der Waals surface area (Å²) in [5.41, 5.74) is 0.570. The van der Waals surface area contributed by atoms with Crippen molar-refractivity contribution in [2.24, 2.45) is 13.0 Å². The van der Waals surface area contributed by atoms with Crippen molar-refractivity contribution in [3.8, 4) is 0 Å². The normalized spacial score (nSPS) is 12.3. The molecule has 0 spiro atoms. The van der Waals surface area contributed by atoms with Crippen LogP contribution >= 0.6 is 0 Å². The highest BCUT2D eigenvalue weighted by Gasteiger charge is 2.22. The number of ether oxygens (including phenoxy) is 2. The fraction of sp³-hybridized carbons (Fsp3) is 0.562. The molecule has 0 aromatic carbocycles. The highest BCUT2D eigenvalue weighted by molar-refractivity contribution is 5.80. The molecule has 0 aliphatic carbocycles. The molecule has 0 aliphatic rings. The Morgan fingerprint density at radius 3 is 2.61 bits per heavy atom. The van der Waals surface area contributed by atoms with Gasteiger partial charge in [-0.1, -0.05) is 6.08 Å². The third kappa shape index (κ3) is 6.23. The van der Waals surface area contributed by atoms with Crippen molar-refractivity contribution in [1.82, 2.24) is 9.55 Å². The molecule has 0 unspecified atom stereocenters. The lowest BCUT2D eigenvalue weighted by molar-refractivity contribution is -0.154. The van der Waals surface area contributed by atoms with Crippen LogP contribution in [-0.4, -0.2) is 39.8 Å². The van der Waals surface area contributed by atoms with Gasteiger partial charge in [-0.05, 0) is 26.3 Å². The highest BCUT2D eigenvalue weighted by atomic mass is 16.5. The second kappa shape index (κ2) is 9.78. The highest BCUT2D eigenvalue weighted by Crippen LogP contribution is 2.15.